The smallest absolute Gasteiger partial charge is 0.00891 e. The number of hydrogen-bond acceptors (Lipinski definition) is 2. The monoisotopic (exact) mass is 797 g/mol. The molecule has 0 amide bonds. The third-order valence-electron chi connectivity index (χ3n) is 11.7. The number of nitrogens with zero attached hydrogens (tertiary/aromatic N) is 1. The number of allylic oxidation sites excluding steroid dienone is 8. The van der Waals surface area contributed by atoms with E-state index in [9.17, 15) is 0 Å². The molecule has 2 unspecified atom stereocenters. The minimum Gasteiger partial charge on any atom is -0.328 e. The highest BCUT2D eigenvalue weighted by Crippen LogP contribution is 2.18. The second kappa shape index (κ2) is 51.0. The van der Waals surface area contributed by atoms with Crippen LogP contribution in [-0.4, -0.2) is 31.1 Å². The second-order valence-corrected chi connectivity index (χ2v) is 18.4. The first-order valence-corrected chi connectivity index (χ1v) is 25.9. The second-order valence-electron chi connectivity index (χ2n) is 18.4. The molecule has 338 valence electrons. The molecule has 0 spiro atoms. The Morgan fingerprint density at radius 2 is 0.632 bits per heavy atom. The average Bonchev–Trinajstić information content (AvgIpc) is 3.19. The van der Waals surface area contributed by atoms with Gasteiger partial charge in [0.05, 0.1) is 0 Å². The van der Waals surface area contributed by atoms with Gasteiger partial charge in [-0.15, -0.1) is 0 Å². The van der Waals surface area contributed by atoms with Gasteiger partial charge in [-0.25, -0.2) is 0 Å². The molecule has 0 aromatic carbocycles. The molecule has 0 aliphatic heterocycles. The molecule has 0 rings (SSSR count). The van der Waals surface area contributed by atoms with E-state index < -0.39 is 0 Å². The summed E-state index contributed by atoms with van der Waals surface area (Å²) < 4.78 is 0. The van der Waals surface area contributed by atoms with Crippen LogP contribution in [0.4, 0.5) is 0 Å². The number of nitrogens with two attached hydrogens (primary N) is 1. The Morgan fingerprint density at radius 1 is 0.351 bits per heavy atom. The number of rotatable bonds is 43. The Hall–Kier alpha value is -1.12. The Labute approximate surface area is 362 Å². The molecular formula is C55H108N2. The average molecular weight is 797 g/mol. The standard InChI is InChI=1S/C29H57N.C26H51N/c1-5-7-9-11-13-14-15-16-17-18-19-20-22-24-26-28-29(30(3)4)27-25-23-21-12-10-8-6-2;1-4-5-6-7-8-9-10-11-12-13-14-15-16-17-20-23-26(27)24-21-18-19-22-25(2)3/h13-14,16-17,29H,5-12,15,18-28H2,1-4H3;8-9,11-12,25-26H,4-7,10,13-24,27H2,1-3H3/b14-13-,17-16-;. The van der Waals surface area contributed by atoms with E-state index in [4.69, 9.17) is 5.73 Å². The third-order valence-corrected chi connectivity index (χ3v) is 11.7. The van der Waals surface area contributed by atoms with Gasteiger partial charge in [0.15, 0.2) is 0 Å². The van der Waals surface area contributed by atoms with Crippen molar-refractivity contribution >= 4 is 0 Å². The molecule has 2 heteroatoms. The van der Waals surface area contributed by atoms with Crippen molar-refractivity contribution in [1.29, 1.82) is 0 Å². The molecule has 2 atom stereocenters. The molecule has 2 nitrogen and oxygen atoms in total. The van der Waals surface area contributed by atoms with E-state index in [2.05, 4.69) is 102 Å². The molecule has 2 N–H and O–H groups in total. The molecule has 0 fully saturated rings. The Balaban J connectivity index is 0. The predicted octanol–water partition coefficient (Wildman–Crippen LogP) is 18.6. The van der Waals surface area contributed by atoms with E-state index in [-0.39, 0.29) is 0 Å². The minimum absolute atomic E-state index is 0.446. The fourth-order valence-electron chi connectivity index (χ4n) is 7.69. The van der Waals surface area contributed by atoms with Crippen molar-refractivity contribution in [2.45, 2.75) is 284 Å². The zero-order chi connectivity index (χ0) is 42.1. The summed E-state index contributed by atoms with van der Waals surface area (Å²) in [6.45, 7) is 11.5. The summed E-state index contributed by atoms with van der Waals surface area (Å²) in [5, 5.41) is 0. The first-order valence-electron chi connectivity index (χ1n) is 25.9. The lowest BCUT2D eigenvalue weighted by Gasteiger charge is -2.24. The normalized spacial score (nSPS) is 13.3. The van der Waals surface area contributed by atoms with Gasteiger partial charge in [0.2, 0.25) is 0 Å². The Bertz CT molecular complexity index is 835. The van der Waals surface area contributed by atoms with Crippen LogP contribution in [0.1, 0.15) is 272 Å². The van der Waals surface area contributed by atoms with Crippen LogP contribution in [0.3, 0.4) is 0 Å². The van der Waals surface area contributed by atoms with Crippen molar-refractivity contribution in [3.63, 3.8) is 0 Å². The number of hydrogen-bond donors (Lipinski definition) is 1. The van der Waals surface area contributed by atoms with Gasteiger partial charge in [0.1, 0.15) is 0 Å². The van der Waals surface area contributed by atoms with Crippen LogP contribution in [-0.2, 0) is 0 Å². The van der Waals surface area contributed by atoms with Crippen molar-refractivity contribution in [3.05, 3.63) is 48.6 Å². The number of unbranched alkanes of at least 4 members (excludes halogenated alkanes) is 24. The molecule has 0 aromatic rings. The minimum atomic E-state index is 0.446. The summed E-state index contributed by atoms with van der Waals surface area (Å²) in [6, 6.07) is 1.25. The highest BCUT2D eigenvalue weighted by Gasteiger charge is 2.10. The third kappa shape index (κ3) is 52.9. The van der Waals surface area contributed by atoms with E-state index >= 15 is 0 Å². The molecule has 0 aliphatic carbocycles. The molecule has 0 radical (unpaired) electrons. The van der Waals surface area contributed by atoms with Gasteiger partial charge < -0.3 is 10.6 Å². The molecule has 0 saturated heterocycles. The van der Waals surface area contributed by atoms with Gasteiger partial charge in [-0.2, -0.15) is 0 Å². The van der Waals surface area contributed by atoms with E-state index in [0.29, 0.717) is 6.04 Å². The maximum Gasteiger partial charge on any atom is 0.00891 e. The first kappa shape index (κ1) is 58.0. The topological polar surface area (TPSA) is 29.3 Å². The molecule has 57 heavy (non-hydrogen) atoms. The van der Waals surface area contributed by atoms with Gasteiger partial charge >= 0.3 is 0 Å². The predicted molar refractivity (Wildman–Crippen MR) is 265 cm³/mol. The van der Waals surface area contributed by atoms with Crippen molar-refractivity contribution < 1.29 is 0 Å². The largest absolute Gasteiger partial charge is 0.328 e. The van der Waals surface area contributed by atoms with E-state index in [0.717, 1.165) is 24.8 Å². The highest BCUT2D eigenvalue weighted by molar-refractivity contribution is 4.93. The summed E-state index contributed by atoms with van der Waals surface area (Å²) in [4.78, 5) is 2.47. The van der Waals surface area contributed by atoms with Crippen LogP contribution >= 0.6 is 0 Å². The molecule has 0 bridgehead atoms. The highest BCUT2D eigenvalue weighted by atomic mass is 15.1. The molecule has 0 saturated carbocycles. The van der Waals surface area contributed by atoms with Crippen LogP contribution in [0.5, 0.6) is 0 Å². The zero-order valence-electron chi connectivity index (χ0n) is 40.5. The summed E-state index contributed by atoms with van der Waals surface area (Å²) in [5.41, 5.74) is 6.26. The molecule has 0 aromatic heterocycles. The first-order chi connectivity index (χ1) is 27.9. The summed E-state index contributed by atoms with van der Waals surface area (Å²) in [6.07, 6.45) is 68.7. The lowest BCUT2D eigenvalue weighted by molar-refractivity contribution is 0.251. The lowest BCUT2D eigenvalue weighted by atomic mass is 9.99. The molecule has 0 aliphatic rings. The zero-order valence-corrected chi connectivity index (χ0v) is 40.5. The lowest BCUT2D eigenvalue weighted by Crippen LogP contribution is -2.27. The Kier molecular flexibility index (Phi) is 51.9. The SMILES string of the molecule is CCCCC/C=C\C/C=C\CCCCCCCC(CCCCCCCCC)N(C)C.CCCCCC=CCC=CCCCCCCCC(N)CCCCCC(C)C. The van der Waals surface area contributed by atoms with Gasteiger partial charge in [0, 0.05) is 12.1 Å². The van der Waals surface area contributed by atoms with Crippen LogP contribution in [0, 0.1) is 5.92 Å². The van der Waals surface area contributed by atoms with Gasteiger partial charge in [-0.05, 0) is 110 Å². The molecule has 0 heterocycles. The van der Waals surface area contributed by atoms with Crippen molar-refractivity contribution in [3.8, 4) is 0 Å². The van der Waals surface area contributed by atoms with Crippen LogP contribution in [0.15, 0.2) is 48.6 Å². The Morgan fingerprint density at radius 3 is 1.00 bits per heavy atom. The summed E-state index contributed by atoms with van der Waals surface area (Å²) in [5.74, 6) is 0.853. The van der Waals surface area contributed by atoms with Crippen LogP contribution in [0.2, 0.25) is 0 Å². The van der Waals surface area contributed by atoms with Gasteiger partial charge in [-0.1, -0.05) is 231 Å². The maximum absolute atomic E-state index is 6.26. The van der Waals surface area contributed by atoms with E-state index in [1.54, 1.807) is 0 Å². The van der Waals surface area contributed by atoms with Crippen LogP contribution in [0.25, 0.3) is 0 Å². The van der Waals surface area contributed by atoms with Crippen LogP contribution < -0.4 is 5.73 Å². The fourth-order valence-corrected chi connectivity index (χ4v) is 7.69. The molecular weight excluding hydrogens is 689 g/mol. The van der Waals surface area contributed by atoms with Gasteiger partial charge in [0.25, 0.3) is 0 Å². The summed E-state index contributed by atoms with van der Waals surface area (Å²) in [7, 11) is 4.55. The van der Waals surface area contributed by atoms with Gasteiger partial charge in [-0.3, -0.25) is 0 Å². The maximum atomic E-state index is 6.26. The summed E-state index contributed by atoms with van der Waals surface area (Å²) >= 11 is 0. The quantitative estimate of drug-likeness (QED) is 0.0492. The van der Waals surface area contributed by atoms with E-state index in [1.165, 1.54) is 225 Å². The van der Waals surface area contributed by atoms with E-state index in [1.807, 2.05) is 0 Å². The van der Waals surface area contributed by atoms with Crippen molar-refractivity contribution in [2.24, 2.45) is 11.7 Å². The van der Waals surface area contributed by atoms with Crippen molar-refractivity contribution in [1.82, 2.24) is 4.90 Å². The van der Waals surface area contributed by atoms with Crippen molar-refractivity contribution in [2.75, 3.05) is 14.1 Å². The fraction of sp³-hybridized carbons (Fsp3) is 0.855.